The van der Waals surface area contributed by atoms with E-state index in [1.807, 2.05) is 24.3 Å². The Morgan fingerprint density at radius 1 is 1.03 bits per heavy atom. The fraction of sp³-hybridized carbons (Fsp3) is 0.435. The maximum atomic E-state index is 12.9. The molecule has 2 saturated heterocycles. The summed E-state index contributed by atoms with van der Waals surface area (Å²) < 4.78 is 39.2. The quantitative estimate of drug-likeness (QED) is 0.683. The topological polar surface area (TPSA) is 88.2 Å². The first kappa shape index (κ1) is 22.6. The molecule has 0 saturated carbocycles. The molecule has 172 valence electrons. The Kier molecular flexibility index (Phi) is 6.98. The fourth-order valence-corrected chi connectivity index (χ4v) is 5.06. The summed E-state index contributed by atoms with van der Waals surface area (Å²) in [6.07, 6.45) is 1.91. The molecule has 1 amide bonds. The molecule has 2 fully saturated rings. The minimum absolute atomic E-state index is 0.0470. The van der Waals surface area contributed by atoms with Crippen LogP contribution < -0.4 is 14.4 Å². The van der Waals surface area contributed by atoms with E-state index in [4.69, 9.17) is 9.47 Å². The lowest BCUT2D eigenvalue weighted by Gasteiger charge is -2.28. The number of methoxy groups -OCH3 is 1. The molecule has 0 radical (unpaired) electrons. The molecule has 8 nitrogen and oxygen atoms in total. The van der Waals surface area contributed by atoms with Crippen molar-refractivity contribution < 1.29 is 22.7 Å². The van der Waals surface area contributed by atoms with E-state index in [0.717, 1.165) is 37.2 Å². The molecule has 2 heterocycles. The third kappa shape index (κ3) is 5.06. The summed E-state index contributed by atoms with van der Waals surface area (Å²) >= 11 is 0. The summed E-state index contributed by atoms with van der Waals surface area (Å²) in [6, 6.07) is 12.2. The zero-order chi connectivity index (χ0) is 22.6. The summed E-state index contributed by atoms with van der Waals surface area (Å²) in [5.74, 6) is 0.176. The normalized spacial score (nSPS) is 16.9. The molecule has 0 aromatic heterocycles. The molecule has 2 aliphatic heterocycles. The van der Waals surface area contributed by atoms with Crippen LogP contribution in [0, 0.1) is 0 Å². The monoisotopic (exact) mass is 459 g/mol. The first-order chi connectivity index (χ1) is 15.5. The van der Waals surface area contributed by atoms with Crippen molar-refractivity contribution in [2.75, 3.05) is 51.4 Å². The molecule has 0 aliphatic carbocycles. The fourth-order valence-electron chi connectivity index (χ4n) is 4.02. The first-order valence-electron chi connectivity index (χ1n) is 10.9. The van der Waals surface area contributed by atoms with Crippen molar-refractivity contribution in [2.24, 2.45) is 0 Å². The van der Waals surface area contributed by atoms with Crippen LogP contribution in [0.4, 0.5) is 5.69 Å². The first-order valence-corrected chi connectivity index (χ1v) is 12.3. The molecule has 2 aromatic carbocycles. The second-order valence-corrected chi connectivity index (χ2v) is 9.72. The highest BCUT2D eigenvalue weighted by molar-refractivity contribution is 7.89. The highest BCUT2D eigenvalue weighted by Crippen LogP contribution is 2.26. The van der Waals surface area contributed by atoms with Crippen molar-refractivity contribution >= 4 is 21.6 Å². The number of nitrogens with zero attached hydrogens (tertiary/aromatic N) is 2. The molecule has 0 bridgehead atoms. The molecule has 32 heavy (non-hydrogen) atoms. The maximum Gasteiger partial charge on any atom is 0.257 e. The van der Waals surface area contributed by atoms with E-state index in [2.05, 4.69) is 9.62 Å². The number of carbonyl (C=O) groups excluding carboxylic acids is 1. The molecule has 4 rings (SSSR count). The van der Waals surface area contributed by atoms with Gasteiger partial charge in [-0.15, -0.1) is 0 Å². The average molecular weight is 460 g/mol. The second kappa shape index (κ2) is 9.89. The number of hydrogen-bond acceptors (Lipinski definition) is 6. The zero-order valence-corrected chi connectivity index (χ0v) is 19.1. The number of hydrogen-bond donors (Lipinski definition) is 1. The van der Waals surface area contributed by atoms with Gasteiger partial charge in [-0.3, -0.25) is 4.79 Å². The van der Waals surface area contributed by atoms with Gasteiger partial charge in [0.25, 0.3) is 5.91 Å². The zero-order valence-electron chi connectivity index (χ0n) is 18.2. The van der Waals surface area contributed by atoms with E-state index in [9.17, 15) is 13.2 Å². The van der Waals surface area contributed by atoms with Crippen molar-refractivity contribution in [1.29, 1.82) is 0 Å². The van der Waals surface area contributed by atoms with Gasteiger partial charge in [0.2, 0.25) is 10.0 Å². The van der Waals surface area contributed by atoms with Crippen LogP contribution >= 0.6 is 0 Å². The lowest BCUT2D eigenvalue weighted by atomic mass is 10.1. The van der Waals surface area contributed by atoms with E-state index in [1.54, 1.807) is 4.90 Å². The summed E-state index contributed by atoms with van der Waals surface area (Å²) in [5.41, 5.74) is 2.22. The Labute approximate surface area is 189 Å². The Hall–Kier alpha value is -2.62. The van der Waals surface area contributed by atoms with Gasteiger partial charge in [-0.2, -0.15) is 0 Å². The van der Waals surface area contributed by atoms with E-state index < -0.39 is 10.0 Å². The van der Waals surface area contributed by atoms with Gasteiger partial charge in [-0.05, 0) is 48.7 Å². The largest absolute Gasteiger partial charge is 0.496 e. The number of morpholine rings is 1. The molecular formula is C23H29N3O5S. The standard InChI is InChI=1S/C23H29N3O5S/c1-30-22-9-8-20(16-21(22)23(27)26-10-2-3-11-26)32(28,29)24-17-18-4-6-19(7-5-18)25-12-14-31-15-13-25/h4-9,16,24H,2-3,10-15,17H2,1H3. The lowest BCUT2D eigenvalue weighted by Crippen LogP contribution is -2.36. The van der Waals surface area contributed by atoms with Crippen molar-refractivity contribution in [1.82, 2.24) is 9.62 Å². The second-order valence-electron chi connectivity index (χ2n) is 7.95. The van der Waals surface area contributed by atoms with Crippen molar-refractivity contribution in [3.63, 3.8) is 0 Å². The van der Waals surface area contributed by atoms with Crippen LogP contribution in [-0.2, 0) is 21.3 Å². The summed E-state index contributed by atoms with van der Waals surface area (Å²) in [7, 11) is -2.32. The van der Waals surface area contributed by atoms with Gasteiger partial charge >= 0.3 is 0 Å². The third-order valence-corrected chi connectivity index (χ3v) is 7.28. The van der Waals surface area contributed by atoms with E-state index in [-0.39, 0.29) is 22.9 Å². The number of nitrogens with one attached hydrogen (secondary N) is 1. The highest BCUT2D eigenvalue weighted by atomic mass is 32.2. The molecular weight excluding hydrogens is 430 g/mol. The summed E-state index contributed by atoms with van der Waals surface area (Å²) in [5, 5.41) is 0. The highest BCUT2D eigenvalue weighted by Gasteiger charge is 2.25. The van der Waals surface area contributed by atoms with Gasteiger partial charge in [-0.25, -0.2) is 13.1 Å². The third-order valence-electron chi connectivity index (χ3n) is 5.88. The van der Waals surface area contributed by atoms with Gasteiger partial charge in [0.15, 0.2) is 0 Å². The van der Waals surface area contributed by atoms with Gasteiger partial charge < -0.3 is 19.3 Å². The van der Waals surface area contributed by atoms with Gasteiger partial charge in [0.05, 0.1) is 30.8 Å². The smallest absolute Gasteiger partial charge is 0.257 e. The Morgan fingerprint density at radius 2 is 1.72 bits per heavy atom. The number of amides is 1. The van der Waals surface area contributed by atoms with Gasteiger partial charge in [0.1, 0.15) is 5.75 Å². The minimum Gasteiger partial charge on any atom is -0.496 e. The predicted molar refractivity (Wildman–Crippen MR) is 122 cm³/mol. The maximum absolute atomic E-state index is 12.9. The Bertz CT molecular complexity index is 1040. The molecule has 0 spiro atoms. The number of anilines is 1. The Balaban J connectivity index is 1.46. The Morgan fingerprint density at radius 3 is 2.38 bits per heavy atom. The number of rotatable bonds is 7. The molecule has 0 atom stereocenters. The van der Waals surface area contributed by atoms with Crippen LogP contribution in [0.25, 0.3) is 0 Å². The van der Waals surface area contributed by atoms with Crippen LogP contribution in [0.1, 0.15) is 28.8 Å². The van der Waals surface area contributed by atoms with Crippen molar-refractivity contribution in [3.05, 3.63) is 53.6 Å². The van der Waals surface area contributed by atoms with Gasteiger partial charge in [-0.1, -0.05) is 12.1 Å². The molecule has 9 heteroatoms. The number of sulfonamides is 1. The molecule has 1 N–H and O–H groups in total. The van der Waals surface area contributed by atoms with Crippen LogP contribution in [0.5, 0.6) is 5.75 Å². The number of likely N-dealkylation sites (tertiary alicyclic amines) is 1. The van der Waals surface area contributed by atoms with Crippen LogP contribution in [0.3, 0.4) is 0 Å². The SMILES string of the molecule is COc1ccc(S(=O)(=O)NCc2ccc(N3CCOCC3)cc2)cc1C(=O)N1CCCC1. The van der Waals surface area contributed by atoms with E-state index in [1.165, 1.54) is 25.3 Å². The van der Waals surface area contributed by atoms with Crippen LogP contribution in [0.2, 0.25) is 0 Å². The molecule has 0 unspecified atom stereocenters. The van der Waals surface area contributed by atoms with Gasteiger partial charge in [0, 0.05) is 38.4 Å². The van der Waals surface area contributed by atoms with E-state index in [0.29, 0.717) is 32.1 Å². The number of benzene rings is 2. The molecule has 2 aliphatic rings. The predicted octanol–water partition coefficient (Wildman–Crippen LogP) is 2.25. The number of carbonyl (C=O) groups is 1. The van der Waals surface area contributed by atoms with E-state index >= 15 is 0 Å². The summed E-state index contributed by atoms with van der Waals surface area (Å²) in [6.45, 7) is 4.64. The lowest BCUT2D eigenvalue weighted by molar-refractivity contribution is 0.0789. The van der Waals surface area contributed by atoms with Crippen LogP contribution in [-0.4, -0.2) is 65.7 Å². The van der Waals surface area contributed by atoms with Crippen molar-refractivity contribution in [3.8, 4) is 5.75 Å². The van der Waals surface area contributed by atoms with Crippen molar-refractivity contribution in [2.45, 2.75) is 24.3 Å². The van der Waals surface area contributed by atoms with Crippen LogP contribution in [0.15, 0.2) is 47.4 Å². The average Bonchev–Trinajstić information content (AvgIpc) is 3.38. The summed E-state index contributed by atoms with van der Waals surface area (Å²) in [4.78, 5) is 16.9. The molecule has 2 aromatic rings. The minimum atomic E-state index is -3.80. The number of ether oxygens (including phenoxy) is 2.